The Bertz CT molecular complexity index is 310. The lowest BCUT2D eigenvalue weighted by Gasteiger charge is -2.11. The molecule has 1 N–H and O–H groups in total. The lowest BCUT2D eigenvalue weighted by Crippen LogP contribution is -2.25. The molecule has 1 saturated heterocycles. The van der Waals surface area contributed by atoms with Crippen molar-refractivity contribution in [2.45, 2.75) is 25.5 Å². The Morgan fingerprint density at radius 1 is 1.40 bits per heavy atom. The second-order valence-corrected chi connectivity index (χ2v) is 4.26. The van der Waals surface area contributed by atoms with Crippen LogP contribution >= 0.6 is 11.6 Å². The number of benzene rings is 1. The molecule has 1 aromatic carbocycles. The Kier molecular flexibility index (Phi) is 4.01. The summed E-state index contributed by atoms with van der Waals surface area (Å²) in [5.41, 5.74) is 1.15. The lowest BCUT2D eigenvalue weighted by atomic mass is 10.2. The van der Waals surface area contributed by atoms with Crippen LogP contribution in [0.4, 0.5) is 0 Å². The van der Waals surface area contributed by atoms with Gasteiger partial charge in [-0.25, -0.2) is 0 Å². The maximum Gasteiger partial charge on any atom is 0.0700 e. The summed E-state index contributed by atoms with van der Waals surface area (Å²) in [7, 11) is 0. The molecule has 1 aliphatic rings. The first-order chi connectivity index (χ1) is 7.36. The van der Waals surface area contributed by atoms with Crippen molar-refractivity contribution < 1.29 is 4.74 Å². The molecule has 1 fully saturated rings. The van der Waals surface area contributed by atoms with Crippen LogP contribution in [0.1, 0.15) is 18.4 Å². The van der Waals surface area contributed by atoms with Crippen LogP contribution < -0.4 is 5.32 Å². The molecule has 0 saturated carbocycles. The predicted molar refractivity (Wildman–Crippen MR) is 62.1 cm³/mol. The summed E-state index contributed by atoms with van der Waals surface area (Å²) in [4.78, 5) is 0. The monoisotopic (exact) mass is 225 g/mol. The molecule has 2 nitrogen and oxygen atoms in total. The highest BCUT2D eigenvalue weighted by molar-refractivity contribution is 6.31. The van der Waals surface area contributed by atoms with Gasteiger partial charge in [0.05, 0.1) is 6.10 Å². The first-order valence-electron chi connectivity index (χ1n) is 5.42. The zero-order valence-electron chi connectivity index (χ0n) is 8.71. The smallest absolute Gasteiger partial charge is 0.0700 e. The van der Waals surface area contributed by atoms with E-state index in [1.165, 1.54) is 12.8 Å². The average molecular weight is 226 g/mol. The van der Waals surface area contributed by atoms with Crippen molar-refractivity contribution in [3.8, 4) is 0 Å². The van der Waals surface area contributed by atoms with E-state index in [0.717, 1.165) is 30.3 Å². The van der Waals surface area contributed by atoms with Gasteiger partial charge in [0.2, 0.25) is 0 Å². The lowest BCUT2D eigenvalue weighted by molar-refractivity contribution is 0.110. The predicted octanol–water partition coefficient (Wildman–Crippen LogP) is 2.61. The molecule has 0 amide bonds. The fraction of sp³-hybridized carbons (Fsp3) is 0.500. The summed E-state index contributed by atoms with van der Waals surface area (Å²) in [5, 5.41) is 4.21. The van der Waals surface area contributed by atoms with Gasteiger partial charge in [-0.15, -0.1) is 0 Å². The number of hydrogen-bond acceptors (Lipinski definition) is 2. The van der Waals surface area contributed by atoms with E-state index in [9.17, 15) is 0 Å². The largest absolute Gasteiger partial charge is 0.377 e. The van der Waals surface area contributed by atoms with Gasteiger partial charge >= 0.3 is 0 Å². The zero-order chi connectivity index (χ0) is 10.5. The van der Waals surface area contributed by atoms with E-state index < -0.39 is 0 Å². The molecular weight excluding hydrogens is 210 g/mol. The standard InChI is InChI=1S/C12H16ClNO/c13-12-6-2-1-4-10(12)8-14-9-11-5-3-7-15-11/h1-2,4,6,11,14H,3,5,7-9H2/t11-/m1/s1. The molecule has 1 atom stereocenters. The molecule has 0 bridgehead atoms. The second-order valence-electron chi connectivity index (χ2n) is 3.86. The van der Waals surface area contributed by atoms with Crippen molar-refractivity contribution in [3.63, 3.8) is 0 Å². The number of ether oxygens (including phenoxy) is 1. The Labute approximate surface area is 95.6 Å². The SMILES string of the molecule is Clc1ccccc1CNC[C@H]1CCCO1. The van der Waals surface area contributed by atoms with Crippen LogP contribution in [0.25, 0.3) is 0 Å². The van der Waals surface area contributed by atoms with Crippen LogP contribution in [0, 0.1) is 0 Å². The molecule has 82 valence electrons. The van der Waals surface area contributed by atoms with Crippen molar-refractivity contribution in [1.29, 1.82) is 0 Å². The van der Waals surface area contributed by atoms with Crippen molar-refractivity contribution in [2.24, 2.45) is 0 Å². The molecule has 0 aliphatic carbocycles. The van der Waals surface area contributed by atoms with Crippen molar-refractivity contribution in [1.82, 2.24) is 5.32 Å². The summed E-state index contributed by atoms with van der Waals surface area (Å²) in [6.07, 6.45) is 2.76. The number of rotatable bonds is 4. The Morgan fingerprint density at radius 2 is 2.27 bits per heavy atom. The molecule has 15 heavy (non-hydrogen) atoms. The van der Waals surface area contributed by atoms with Crippen LogP contribution in [0.2, 0.25) is 5.02 Å². The molecule has 0 spiro atoms. The molecule has 1 aromatic rings. The normalized spacial score (nSPS) is 20.7. The number of halogens is 1. The van der Waals surface area contributed by atoms with E-state index in [4.69, 9.17) is 16.3 Å². The van der Waals surface area contributed by atoms with Crippen molar-refractivity contribution in [3.05, 3.63) is 34.9 Å². The summed E-state index contributed by atoms with van der Waals surface area (Å²) in [6.45, 7) is 2.66. The second kappa shape index (κ2) is 5.50. The van der Waals surface area contributed by atoms with E-state index in [-0.39, 0.29) is 0 Å². The van der Waals surface area contributed by atoms with Gasteiger partial charge in [-0.05, 0) is 24.5 Å². The number of hydrogen-bond donors (Lipinski definition) is 1. The van der Waals surface area contributed by atoms with E-state index >= 15 is 0 Å². The fourth-order valence-corrected chi connectivity index (χ4v) is 2.02. The Hall–Kier alpha value is -0.570. The zero-order valence-corrected chi connectivity index (χ0v) is 9.46. The van der Waals surface area contributed by atoms with Gasteiger partial charge in [0, 0.05) is 24.7 Å². The molecule has 2 rings (SSSR count). The van der Waals surface area contributed by atoms with E-state index in [2.05, 4.69) is 5.32 Å². The van der Waals surface area contributed by atoms with Crippen LogP contribution in [-0.4, -0.2) is 19.3 Å². The van der Waals surface area contributed by atoms with Gasteiger partial charge in [-0.1, -0.05) is 29.8 Å². The van der Waals surface area contributed by atoms with E-state index in [1.54, 1.807) is 0 Å². The third-order valence-corrected chi connectivity index (χ3v) is 3.04. The highest BCUT2D eigenvalue weighted by atomic mass is 35.5. The maximum atomic E-state index is 6.05. The van der Waals surface area contributed by atoms with Gasteiger partial charge < -0.3 is 10.1 Å². The summed E-state index contributed by atoms with van der Waals surface area (Å²) in [6, 6.07) is 7.93. The Morgan fingerprint density at radius 3 is 3.00 bits per heavy atom. The van der Waals surface area contributed by atoms with E-state index in [1.807, 2.05) is 24.3 Å². The minimum atomic E-state index is 0.396. The van der Waals surface area contributed by atoms with Crippen LogP contribution in [0.15, 0.2) is 24.3 Å². The highest BCUT2D eigenvalue weighted by Gasteiger charge is 2.14. The topological polar surface area (TPSA) is 21.3 Å². The summed E-state index contributed by atoms with van der Waals surface area (Å²) in [5.74, 6) is 0. The maximum absolute atomic E-state index is 6.05. The average Bonchev–Trinajstić information content (AvgIpc) is 2.74. The fourth-order valence-electron chi connectivity index (χ4n) is 1.81. The quantitative estimate of drug-likeness (QED) is 0.851. The molecule has 0 radical (unpaired) electrons. The molecule has 1 aliphatic heterocycles. The Balaban J connectivity index is 1.75. The van der Waals surface area contributed by atoms with E-state index in [0.29, 0.717) is 6.10 Å². The van der Waals surface area contributed by atoms with Crippen LogP contribution in [0.5, 0.6) is 0 Å². The molecular formula is C12H16ClNO. The van der Waals surface area contributed by atoms with Gasteiger partial charge in [-0.2, -0.15) is 0 Å². The number of nitrogens with one attached hydrogen (secondary N) is 1. The molecule has 1 heterocycles. The minimum Gasteiger partial charge on any atom is -0.377 e. The van der Waals surface area contributed by atoms with Crippen LogP contribution in [0.3, 0.4) is 0 Å². The first-order valence-corrected chi connectivity index (χ1v) is 5.80. The van der Waals surface area contributed by atoms with Crippen molar-refractivity contribution in [2.75, 3.05) is 13.2 Å². The van der Waals surface area contributed by atoms with Gasteiger partial charge in [-0.3, -0.25) is 0 Å². The molecule has 0 aromatic heterocycles. The highest BCUT2D eigenvalue weighted by Crippen LogP contribution is 2.15. The molecule has 3 heteroatoms. The first kappa shape index (κ1) is 10.9. The van der Waals surface area contributed by atoms with Gasteiger partial charge in [0.25, 0.3) is 0 Å². The summed E-state index contributed by atoms with van der Waals surface area (Å²) >= 11 is 6.05. The minimum absolute atomic E-state index is 0.396. The van der Waals surface area contributed by atoms with Gasteiger partial charge in [0.1, 0.15) is 0 Å². The summed E-state index contributed by atoms with van der Waals surface area (Å²) < 4.78 is 5.53. The molecule has 0 unspecified atom stereocenters. The third-order valence-electron chi connectivity index (χ3n) is 2.67. The van der Waals surface area contributed by atoms with Crippen LogP contribution in [-0.2, 0) is 11.3 Å². The third kappa shape index (κ3) is 3.20. The van der Waals surface area contributed by atoms with Crippen molar-refractivity contribution >= 4 is 11.6 Å². The van der Waals surface area contributed by atoms with Gasteiger partial charge in [0.15, 0.2) is 0 Å².